The highest BCUT2D eigenvalue weighted by Crippen LogP contribution is 2.30. The van der Waals surface area contributed by atoms with Crippen molar-refractivity contribution in [3.05, 3.63) is 0 Å². The van der Waals surface area contributed by atoms with Crippen LogP contribution in [0.3, 0.4) is 0 Å². The second kappa shape index (κ2) is 17.5. The molecule has 1 unspecified atom stereocenters. The average molecular weight is 439 g/mol. The number of unbranched alkanes of at least 4 members (excludes halogenated alkanes) is 10. The fourth-order valence-corrected chi connectivity index (χ4v) is 4.65. The predicted molar refractivity (Wildman–Crippen MR) is 128 cm³/mol. The van der Waals surface area contributed by atoms with Crippen LogP contribution in [0.1, 0.15) is 136 Å². The lowest BCUT2D eigenvalue weighted by Gasteiger charge is -2.27. The second-order valence-corrected chi connectivity index (χ2v) is 10.2. The molecule has 1 aliphatic rings. The molecule has 1 N–H and O–H groups in total. The van der Waals surface area contributed by atoms with Gasteiger partial charge in [-0.1, -0.05) is 85.0 Å². The first-order valence-corrected chi connectivity index (χ1v) is 13.4. The number of carboxylic acids is 1. The summed E-state index contributed by atoms with van der Waals surface area (Å²) in [6.07, 6.45) is 20.2. The van der Waals surface area contributed by atoms with Crippen LogP contribution in [-0.2, 0) is 14.3 Å². The highest BCUT2D eigenvalue weighted by Gasteiger charge is 2.31. The minimum atomic E-state index is -0.724. The summed E-state index contributed by atoms with van der Waals surface area (Å²) in [7, 11) is 0. The largest absolute Gasteiger partial charge is 0.481 e. The van der Waals surface area contributed by atoms with Crippen LogP contribution in [0.2, 0.25) is 0 Å². The Morgan fingerprint density at radius 2 is 1.23 bits per heavy atom. The number of aliphatic carboxylic acids is 1. The van der Waals surface area contributed by atoms with Gasteiger partial charge in [-0.25, -0.2) is 0 Å². The van der Waals surface area contributed by atoms with Gasteiger partial charge in [0.15, 0.2) is 0 Å². The third-order valence-electron chi connectivity index (χ3n) is 6.89. The van der Waals surface area contributed by atoms with Gasteiger partial charge in [-0.05, 0) is 57.3 Å². The van der Waals surface area contributed by atoms with E-state index in [0.29, 0.717) is 31.6 Å². The summed E-state index contributed by atoms with van der Waals surface area (Å²) in [5.74, 6) is -0.574. The van der Waals surface area contributed by atoms with Gasteiger partial charge >= 0.3 is 11.9 Å². The first-order valence-electron chi connectivity index (χ1n) is 13.4. The highest BCUT2D eigenvalue weighted by atomic mass is 16.5. The van der Waals surface area contributed by atoms with Gasteiger partial charge in [-0.15, -0.1) is 0 Å². The predicted octanol–water partition coefficient (Wildman–Crippen LogP) is 7.93. The fraction of sp³-hybridized carbons (Fsp3) is 0.926. The normalized spacial score (nSPS) is 20.0. The number of carboxylic acid groups (broad SMARTS) is 1. The van der Waals surface area contributed by atoms with Crippen molar-refractivity contribution in [3.8, 4) is 0 Å². The zero-order valence-corrected chi connectivity index (χ0v) is 20.7. The molecule has 0 aliphatic heterocycles. The van der Waals surface area contributed by atoms with Crippen molar-refractivity contribution < 1.29 is 19.4 Å². The maximum atomic E-state index is 12.7. The van der Waals surface area contributed by atoms with Crippen LogP contribution in [0.15, 0.2) is 0 Å². The van der Waals surface area contributed by atoms with E-state index in [0.717, 1.165) is 25.7 Å². The number of esters is 1. The van der Waals surface area contributed by atoms with Crippen molar-refractivity contribution in [1.82, 2.24) is 0 Å². The lowest BCUT2D eigenvalue weighted by atomic mass is 9.82. The Morgan fingerprint density at radius 1 is 0.742 bits per heavy atom. The monoisotopic (exact) mass is 438 g/mol. The van der Waals surface area contributed by atoms with Crippen molar-refractivity contribution in [2.75, 3.05) is 0 Å². The minimum absolute atomic E-state index is 0.0330. The van der Waals surface area contributed by atoms with Crippen LogP contribution in [0.25, 0.3) is 0 Å². The third-order valence-corrected chi connectivity index (χ3v) is 6.89. The van der Waals surface area contributed by atoms with Gasteiger partial charge in [-0.3, -0.25) is 9.59 Å². The van der Waals surface area contributed by atoms with E-state index >= 15 is 0 Å². The van der Waals surface area contributed by atoms with Crippen molar-refractivity contribution in [2.24, 2.45) is 17.8 Å². The second-order valence-electron chi connectivity index (χ2n) is 10.2. The standard InChI is InChI=1S/C27H50O4/c1-4-5-6-7-8-9-10-11-12-13-14-15-25(21-16-22(2)3)31-27(30)24-19-17-23(18-20-24)26(28)29/h22-25H,4-21H2,1-3H3,(H,28,29). The smallest absolute Gasteiger partial charge is 0.309 e. The zero-order valence-electron chi connectivity index (χ0n) is 20.7. The Morgan fingerprint density at radius 3 is 1.71 bits per heavy atom. The Balaban J connectivity index is 2.22. The van der Waals surface area contributed by atoms with Crippen molar-refractivity contribution in [2.45, 2.75) is 142 Å². The van der Waals surface area contributed by atoms with Gasteiger partial charge in [0, 0.05) is 0 Å². The molecule has 0 aromatic heterocycles. The molecule has 4 nitrogen and oxygen atoms in total. The molecule has 1 saturated carbocycles. The molecule has 0 amide bonds. The van der Waals surface area contributed by atoms with Crippen molar-refractivity contribution in [3.63, 3.8) is 0 Å². The van der Waals surface area contributed by atoms with Crippen LogP contribution in [0.5, 0.6) is 0 Å². The summed E-state index contributed by atoms with van der Waals surface area (Å²) in [5, 5.41) is 9.15. The van der Waals surface area contributed by atoms with Gasteiger partial charge in [0.25, 0.3) is 0 Å². The first kappa shape index (κ1) is 28.0. The molecule has 0 heterocycles. The molecular formula is C27H50O4. The number of hydrogen-bond acceptors (Lipinski definition) is 3. The van der Waals surface area contributed by atoms with Gasteiger partial charge in [-0.2, -0.15) is 0 Å². The molecule has 1 fully saturated rings. The SMILES string of the molecule is CCCCCCCCCCCCCC(CCC(C)C)OC(=O)C1CCC(C(=O)O)CC1. The molecule has 0 bridgehead atoms. The average Bonchev–Trinajstić information content (AvgIpc) is 2.75. The van der Waals surface area contributed by atoms with Crippen molar-refractivity contribution in [1.29, 1.82) is 0 Å². The van der Waals surface area contributed by atoms with Crippen LogP contribution in [-0.4, -0.2) is 23.1 Å². The first-order chi connectivity index (χ1) is 14.9. The summed E-state index contributed by atoms with van der Waals surface area (Å²) in [6, 6.07) is 0. The lowest BCUT2D eigenvalue weighted by molar-refractivity contribution is -0.158. The summed E-state index contributed by atoms with van der Waals surface area (Å²) < 4.78 is 5.94. The third kappa shape index (κ3) is 13.9. The Bertz CT molecular complexity index is 466. The summed E-state index contributed by atoms with van der Waals surface area (Å²) >= 11 is 0. The number of ether oxygens (including phenoxy) is 1. The van der Waals surface area contributed by atoms with E-state index < -0.39 is 5.97 Å². The molecule has 0 saturated heterocycles. The maximum Gasteiger partial charge on any atom is 0.309 e. The molecule has 1 aliphatic carbocycles. The Hall–Kier alpha value is -1.06. The molecule has 0 radical (unpaired) electrons. The molecule has 0 spiro atoms. The molecular weight excluding hydrogens is 388 g/mol. The molecule has 1 atom stereocenters. The van der Waals surface area contributed by atoms with Crippen LogP contribution in [0, 0.1) is 17.8 Å². The zero-order chi connectivity index (χ0) is 22.9. The Kier molecular flexibility index (Phi) is 15.8. The lowest BCUT2D eigenvalue weighted by Crippen LogP contribution is -2.30. The summed E-state index contributed by atoms with van der Waals surface area (Å²) in [6.45, 7) is 6.70. The molecule has 0 aromatic carbocycles. The maximum absolute atomic E-state index is 12.7. The number of rotatable bonds is 18. The van der Waals surface area contributed by atoms with Gasteiger partial charge < -0.3 is 9.84 Å². The molecule has 182 valence electrons. The van der Waals surface area contributed by atoms with Crippen LogP contribution >= 0.6 is 0 Å². The molecule has 4 heteroatoms. The molecule has 31 heavy (non-hydrogen) atoms. The van der Waals surface area contributed by atoms with E-state index in [4.69, 9.17) is 9.84 Å². The van der Waals surface area contributed by atoms with Gasteiger partial charge in [0.2, 0.25) is 0 Å². The highest BCUT2D eigenvalue weighted by molar-refractivity contribution is 5.74. The number of carbonyl (C=O) groups excluding carboxylic acids is 1. The Labute approximate surface area is 191 Å². The van der Waals surface area contributed by atoms with Gasteiger partial charge in [0.1, 0.15) is 6.10 Å². The minimum Gasteiger partial charge on any atom is -0.481 e. The van der Waals surface area contributed by atoms with Crippen molar-refractivity contribution >= 4 is 11.9 Å². The summed E-state index contributed by atoms with van der Waals surface area (Å²) in [5.41, 5.74) is 0. The number of carbonyl (C=O) groups is 2. The fourth-order valence-electron chi connectivity index (χ4n) is 4.65. The number of hydrogen-bond donors (Lipinski definition) is 1. The summed E-state index contributed by atoms with van der Waals surface area (Å²) in [4.78, 5) is 23.8. The molecule has 0 aromatic rings. The van der Waals surface area contributed by atoms with Crippen LogP contribution in [0.4, 0.5) is 0 Å². The quantitative estimate of drug-likeness (QED) is 0.174. The molecule has 1 rings (SSSR count). The van der Waals surface area contributed by atoms with E-state index in [1.165, 1.54) is 64.2 Å². The van der Waals surface area contributed by atoms with E-state index in [9.17, 15) is 9.59 Å². The van der Waals surface area contributed by atoms with E-state index in [1.54, 1.807) is 0 Å². The van der Waals surface area contributed by atoms with E-state index in [2.05, 4.69) is 20.8 Å². The topological polar surface area (TPSA) is 63.6 Å². The van der Waals surface area contributed by atoms with E-state index in [-0.39, 0.29) is 23.9 Å². The van der Waals surface area contributed by atoms with E-state index in [1.807, 2.05) is 0 Å². The van der Waals surface area contributed by atoms with Gasteiger partial charge in [0.05, 0.1) is 11.8 Å². The van der Waals surface area contributed by atoms with Crippen LogP contribution < -0.4 is 0 Å².